The molecule has 1 heterocycles. The van der Waals surface area contributed by atoms with Gasteiger partial charge in [0.05, 0.1) is 11.2 Å². The van der Waals surface area contributed by atoms with E-state index < -0.39 is 0 Å². The largest absolute Gasteiger partial charge is 0.397 e. The molecule has 3 N–H and O–H groups in total. The third-order valence-corrected chi connectivity index (χ3v) is 4.19. The Morgan fingerprint density at radius 1 is 1.33 bits per heavy atom. The number of aromatic nitrogens is 1. The van der Waals surface area contributed by atoms with Crippen molar-refractivity contribution in [2.75, 3.05) is 11.1 Å². The van der Waals surface area contributed by atoms with Gasteiger partial charge < -0.3 is 11.1 Å². The maximum Gasteiger partial charge on any atom is 0.0951 e. The molecule has 1 fully saturated rings. The van der Waals surface area contributed by atoms with Crippen molar-refractivity contribution in [1.82, 2.24) is 4.98 Å². The highest BCUT2D eigenvalue weighted by Crippen LogP contribution is 2.39. The zero-order chi connectivity index (χ0) is 12.6. The van der Waals surface area contributed by atoms with Crippen LogP contribution >= 0.6 is 0 Å². The predicted molar refractivity (Wildman–Crippen MR) is 76.7 cm³/mol. The van der Waals surface area contributed by atoms with E-state index in [9.17, 15) is 0 Å². The third-order valence-electron chi connectivity index (χ3n) is 4.19. The summed E-state index contributed by atoms with van der Waals surface area (Å²) in [6, 6.07) is 8.07. The van der Waals surface area contributed by atoms with Crippen LogP contribution in [0.4, 0.5) is 11.4 Å². The zero-order valence-electron chi connectivity index (χ0n) is 10.7. The molecule has 1 aromatic carbocycles. The van der Waals surface area contributed by atoms with Gasteiger partial charge in [0.15, 0.2) is 0 Å². The molecule has 1 aliphatic rings. The van der Waals surface area contributed by atoms with Crippen LogP contribution in [0.1, 0.15) is 32.6 Å². The van der Waals surface area contributed by atoms with E-state index in [1.54, 1.807) is 6.20 Å². The maximum atomic E-state index is 5.98. The van der Waals surface area contributed by atoms with Gasteiger partial charge in [0.25, 0.3) is 0 Å². The van der Waals surface area contributed by atoms with Crippen LogP contribution in [-0.2, 0) is 0 Å². The number of benzene rings is 1. The van der Waals surface area contributed by atoms with Crippen molar-refractivity contribution in [1.29, 1.82) is 0 Å². The monoisotopic (exact) mass is 241 g/mol. The molecular formula is C15H19N3. The van der Waals surface area contributed by atoms with Crippen molar-refractivity contribution < 1.29 is 0 Å². The summed E-state index contributed by atoms with van der Waals surface area (Å²) in [5.74, 6) is 0. The summed E-state index contributed by atoms with van der Waals surface area (Å²) in [6.45, 7) is 2.25. The first-order valence-corrected chi connectivity index (χ1v) is 6.65. The number of nitrogens with one attached hydrogen (secondary N) is 1. The van der Waals surface area contributed by atoms with E-state index in [0.717, 1.165) is 22.3 Å². The topological polar surface area (TPSA) is 50.9 Å². The number of nitrogens with two attached hydrogens (primary N) is 1. The minimum Gasteiger partial charge on any atom is -0.397 e. The van der Waals surface area contributed by atoms with Gasteiger partial charge in [-0.1, -0.05) is 6.92 Å². The highest BCUT2D eigenvalue weighted by molar-refractivity contribution is 5.98. The fourth-order valence-electron chi connectivity index (χ4n) is 2.76. The Labute approximate surface area is 107 Å². The molecule has 3 heteroatoms. The molecule has 1 aromatic heterocycles. The first-order valence-electron chi connectivity index (χ1n) is 6.65. The van der Waals surface area contributed by atoms with Gasteiger partial charge in [0, 0.05) is 22.8 Å². The second-order valence-corrected chi connectivity index (χ2v) is 5.21. The molecule has 3 nitrogen and oxygen atoms in total. The summed E-state index contributed by atoms with van der Waals surface area (Å²) < 4.78 is 0. The van der Waals surface area contributed by atoms with Crippen LogP contribution in [0.3, 0.4) is 0 Å². The second kappa shape index (κ2) is 4.16. The van der Waals surface area contributed by atoms with Crippen LogP contribution in [0, 0.1) is 0 Å². The number of nitrogen functional groups attached to an aromatic ring is 1. The molecule has 94 valence electrons. The van der Waals surface area contributed by atoms with Crippen molar-refractivity contribution in [3.63, 3.8) is 0 Å². The zero-order valence-corrected chi connectivity index (χ0v) is 10.7. The Kier molecular flexibility index (Phi) is 2.62. The number of rotatable bonds is 3. The van der Waals surface area contributed by atoms with Crippen LogP contribution in [0.5, 0.6) is 0 Å². The van der Waals surface area contributed by atoms with E-state index in [4.69, 9.17) is 5.73 Å². The fraction of sp³-hybridized carbons (Fsp3) is 0.400. The molecule has 0 aliphatic heterocycles. The van der Waals surface area contributed by atoms with E-state index in [2.05, 4.69) is 29.4 Å². The van der Waals surface area contributed by atoms with Crippen LogP contribution < -0.4 is 11.1 Å². The van der Waals surface area contributed by atoms with Gasteiger partial charge in [0.2, 0.25) is 0 Å². The predicted octanol–water partition coefficient (Wildman–Crippen LogP) is 3.56. The highest BCUT2D eigenvalue weighted by atomic mass is 15.0. The molecule has 0 unspecified atom stereocenters. The van der Waals surface area contributed by atoms with Crippen molar-refractivity contribution in [2.45, 2.75) is 38.1 Å². The fourth-order valence-corrected chi connectivity index (χ4v) is 2.76. The quantitative estimate of drug-likeness (QED) is 0.808. The Bertz CT molecular complexity index is 567. The molecule has 0 amide bonds. The van der Waals surface area contributed by atoms with Crippen molar-refractivity contribution in [2.24, 2.45) is 0 Å². The minimum atomic E-state index is 0.291. The van der Waals surface area contributed by atoms with Gasteiger partial charge in [-0.25, -0.2) is 0 Å². The van der Waals surface area contributed by atoms with Gasteiger partial charge >= 0.3 is 0 Å². The van der Waals surface area contributed by atoms with E-state index in [-0.39, 0.29) is 0 Å². The summed E-state index contributed by atoms with van der Waals surface area (Å²) in [5.41, 5.74) is 9.07. The molecule has 18 heavy (non-hydrogen) atoms. The second-order valence-electron chi connectivity index (χ2n) is 5.21. The van der Waals surface area contributed by atoms with E-state index in [1.807, 2.05) is 12.1 Å². The molecule has 3 rings (SSSR count). The molecule has 0 saturated heterocycles. The smallest absolute Gasteiger partial charge is 0.0951 e. The highest BCUT2D eigenvalue weighted by Gasteiger charge is 2.35. The Morgan fingerprint density at radius 2 is 2.17 bits per heavy atom. The Balaban J connectivity index is 2.04. The van der Waals surface area contributed by atoms with Gasteiger partial charge in [-0.3, -0.25) is 4.98 Å². The Hall–Kier alpha value is -1.77. The van der Waals surface area contributed by atoms with Crippen molar-refractivity contribution in [3.8, 4) is 0 Å². The molecule has 1 aliphatic carbocycles. The van der Waals surface area contributed by atoms with Gasteiger partial charge in [-0.15, -0.1) is 0 Å². The lowest BCUT2D eigenvalue weighted by atomic mass is 9.74. The lowest BCUT2D eigenvalue weighted by Gasteiger charge is -2.43. The van der Waals surface area contributed by atoms with E-state index in [1.165, 1.54) is 25.7 Å². The average molecular weight is 241 g/mol. The Morgan fingerprint density at radius 3 is 2.83 bits per heavy atom. The van der Waals surface area contributed by atoms with Crippen molar-refractivity contribution in [3.05, 3.63) is 30.5 Å². The van der Waals surface area contributed by atoms with Crippen LogP contribution in [-0.4, -0.2) is 10.5 Å². The molecule has 0 atom stereocenters. The summed E-state index contributed by atoms with van der Waals surface area (Å²) in [7, 11) is 0. The van der Waals surface area contributed by atoms with E-state index >= 15 is 0 Å². The number of anilines is 2. The van der Waals surface area contributed by atoms with Crippen LogP contribution in [0.25, 0.3) is 10.9 Å². The van der Waals surface area contributed by atoms with E-state index in [0.29, 0.717) is 5.54 Å². The molecule has 1 saturated carbocycles. The first-order chi connectivity index (χ1) is 8.74. The maximum absolute atomic E-state index is 5.98. The van der Waals surface area contributed by atoms with Gasteiger partial charge in [-0.05, 0) is 49.9 Å². The number of hydrogen-bond donors (Lipinski definition) is 2. The van der Waals surface area contributed by atoms with Crippen LogP contribution in [0.15, 0.2) is 30.5 Å². The van der Waals surface area contributed by atoms with Crippen LogP contribution in [0.2, 0.25) is 0 Å². The number of hydrogen-bond acceptors (Lipinski definition) is 3. The lowest BCUT2D eigenvalue weighted by molar-refractivity contribution is 0.270. The van der Waals surface area contributed by atoms with Gasteiger partial charge in [-0.2, -0.15) is 0 Å². The third kappa shape index (κ3) is 1.70. The molecule has 2 aromatic rings. The summed E-state index contributed by atoms with van der Waals surface area (Å²) in [6.07, 6.45) is 6.80. The molecule has 0 radical (unpaired) electrons. The summed E-state index contributed by atoms with van der Waals surface area (Å²) >= 11 is 0. The van der Waals surface area contributed by atoms with Crippen molar-refractivity contribution >= 4 is 22.3 Å². The number of pyridine rings is 1. The minimum absolute atomic E-state index is 0.291. The standard InChI is InChI=1S/C15H19N3/c1-2-15(8-4-9-15)18-13-7-6-12(16)14-11(13)5-3-10-17-14/h3,5-7,10,18H,2,4,8-9,16H2,1H3. The molecular weight excluding hydrogens is 222 g/mol. The summed E-state index contributed by atoms with van der Waals surface area (Å²) in [4.78, 5) is 4.38. The number of fused-ring (bicyclic) bond motifs is 1. The first kappa shape index (κ1) is 11.3. The average Bonchev–Trinajstić information content (AvgIpc) is 2.37. The summed E-state index contributed by atoms with van der Waals surface area (Å²) in [5, 5.41) is 4.84. The number of nitrogens with zero attached hydrogens (tertiary/aromatic N) is 1. The lowest BCUT2D eigenvalue weighted by Crippen LogP contribution is -2.44. The molecule has 0 bridgehead atoms. The molecule has 0 spiro atoms. The normalized spacial score (nSPS) is 17.4. The SMILES string of the molecule is CCC1(Nc2ccc(N)c3ncccc23)CCC1. The van der Waals surface area contributed by atoms with Gasteiger partial charge in [0.1, 0.15) is 0 Å².